The van der Waals surface area contributed by atoms with Gasteiger partial charge in [0.25, 0.3) is 0 Å². The second-order valence-electron chi connectivity index (χ2n) is 14.3. The van der Waals surface area contributed by atoms with Gasteiger partial charge in [-0.2, -0.15) is 0 Å². The molecule has 3 nitrogen and oxygen atoms in total. The molecule has 0 bridgehead atoms. The van der Waals surface area contributed by atoms with E-state index in [1.54, 1.807) is 0 Å². The predicted molar refractivity (Wildman–Crippen MR) is 171 cm³/mol. The van der Waals surface area contributed by atoms with Gasteiger partial charge in [-0.3, -0.25) is 0 Å². The average molecular weight is 658 g/mol. The van der Waals surface area contributed by atoms with Gasteiger partial charge >= 0.3 is 245 Å². The van der Waals surface area contributed by atoms with Crippen LogP contribution in [0.1, 0.15) is 138 Å². The number of unbranched alkanes of at least 4 members (excludes halogenated alkanes) is 4. The van der Waals surface area contributed by atoms with Crippen molar-refractivity contribution in [2.75, 3.05) is 6.61 Å². The molecule has 38 heavy (non-hydrogen) atoms. The Morgan fingerprint density at radius 1 is 0.842 bits per heavy atom. The fourth-order valence-corrected chi connectivity index (χ4v) is 21.9. The van der Waals surface area contributed by atoms with E-state index >= 15 is 0 Å². The molecular formula is C33H66O3SiSn. The first-order valence-corrected chi connectivity index (χ1v) is 27.2. The van der Waals surface area contributed by atoms with Crippen molar-refractivity contribution >= 4 is 26.7 Å². The van der Waals surface area contributed by atoms with Crippen LogP contribution >= 0.6 is 0 Å². The van der Waals surface area contributed by atoms with Crippen molar-refractivity contribution < 1.29 is 13.9 Å². The van der Waals surface area contributed by atoms with Gasteiger partial charge < -0.3 is 0 Å². The zero-order valence-corrected chi connectivity index (χ0v) is 31.0. The predicted octanol–water partition coefficient (Wildman–Crippen LogP) is 11.0. The van der Waals surface area contributed by atoms with E-state index in [1.807, 2.05) is 0 Å². The van der Waals surface area contributed by atoms with E-state index in [2.05, 4.69) is 71.7 Å². The molecule has 2 aliphatic heterocycles. The summed E-state index contributed by atoms with van der Waals surface area (Å²) in [5, 5.41) is 0.176. The molecular weight excluding hydrogens is 591 g/mol. The summed E-state index contributed by atoms with van der Waals surface area (Å²) < 4.78 is 28.5. The molecule has 0 radical (unpaired) electrons. The van der Waals surface area contributed by atoms with Crippen LogP contribution in [-0.4, -0.2) is 50.8 Å². The Morgan fingerprint density at radius 3 is 1.89 bits per heavy atom. The Labute approximate surface area is 243 Å². The van der Waals surface area contributed by atoms with Gasteiger partial charge in [-0.15, -0.1) is 0 Å². The third kappa shape index (κ3) is 9.59. The van der Waals surface area contributed by atoms with E-state index < -0.39 is 26.7 Å². The summed E-state index contributed by atoms with van der Waals surface area (Å²) in [6.45, 7) is 22.3. The molecule has 0 aromatic rings. The van der Waals surface area contributed by atoms with Gasteiger partial charge in [0.15, 0.2) is 0 Å². The van der Waals surface area contributed by atoms with Gasteiger partial charge in [-0.25, -0.2) is 0 Å². The zero-order valence-electron chi connectivity index (χ0n) is 27.2. The minimum atomic E-state index is -2.47. The van der Waals surface area contributed by atoms with Crippen LogP contribution < -0.4 is 0 Å². The summed E-state index contributed by atoms with van der Waals surface area (Å²) in [7, 11) is -2.00. The molecule has 0 aromatic heterocycles. The van der Waals surface area contributed by atoms with Crippen molar-refractivity contribution in [3.05, 3.63) is 10.2 Å². The van der Waals surface area contributed by atoms with Gasteiger partial charge in [0, 0.05) is 0 Å². The molecule has 3 atom stereocenters. The maximum atomic E-state index is 7.43. The van der Waals surface area contributed by atoms with Gasteiger partial charge in [-0.05, 0) is 0 Å². The summed E-state index contributed by atoms with van der Waals surface area (Å²) in [5.41, 5.74) is -0.253. The summed E-state index contributed by atoms with van der Waals surface area (Å²) >= 11 is -2.47. The van der Waals surface area contributed by atoms with Gasteiger partial charge in [-0.1, -0.05) is 0 Å². The van der Waals surface area contributed by atoms with Crippen LogP contribution in [0, 0.1) is 0 Å². The van der Waals surface area contributed by atoms with Crippen LogP contribution in [0.15, 0.2) is 10.2 Å². The minimum absolute atomic E-state index is 0.0424. The molecule has 0 aliphatic carbocycles. The van der Waals surface area contributed by atoms with Crippen molar-refractivity contribution in [2.24, 2.45) is 0 Å². The quantitative estimate of drug-likeness (QED) is 0.146. The van der Waals surface area contributed by atoms with Gasteiger partial charge in [0.05, 0.1) is 0 Å². The van der Waals surface area contributed by atoms with Crippen LogP contribution in [-0.2, 0) is 13.9 Å². The van der Waals surface area contributed by atoms with E-state index in [1.165, 1.54) is 77.5 Å². The zero-order chi connectivity index (χ0) is 28.3. The van der Waals surface area contributed by atoms with Crippen molar-refractivity contribution in [1.29, 1.82) is 0 Å². The second-order valence-corrected chi connectivity index (χ2v) is 32.1. The molecule has 0 amide bonds. The summed E-state index contributed by atoms with van der Waals surface area (Å²) in [6.07, 6.45) is 19.8. The van der Waals surface area contributed by atoms with Crippen LogP contribution in [0.5, 0.6) is 0 Å². The Hall–Kier alpha value is 0.636. The summed E-state index contributed by atoms with van der Waals surface area (Å²) in [5.74, 6) is -0.373. The van der Waals surface area contributed by atoms with Crippen molar-refractivity contribution in [2.45, 2.75) is 187 Å². The first-order chi connectivity index (χ1) is 17.9. The third-order valence-corrected chi connectivity index (χ3v) is 28.6. The number of hydrogen-bond donors (Lipinski definition) is 0. The van der Waals surface area contributed by atoms with Gasteiger partial charge in [0.1, 0.15) is 0 Å². The molecule has 2 fully saturated rings. The maximum absolute atomic E-state index is 7.43. The summed E-state index contributed by atoms with van der Waals surface area (Å²) in [4.78, 5) is 0. The molecule has 2 saturated heterocycles. The topological polar surface area (TPSA) is 27.7 Å². The molecule has 1 spiro atoms. The molecule has 224 valence electrons. The fourth-order valence-electron chi connectivity index (χ4n) is 6.29. The Bertz CT molecular complexity index is 673. The molecule has 5 heteroatoms. The molecule has 0 N–H and O–H groups in total. The van der Waals surface area contributed by atoms with E-state index in [0.717, 1.165) is 32.3 Å². The average Bonchev–Trinajstić information content (AvgIpc) is 3.24. The first-order valence-electron chi connectivity index (χ1n) is 16.6. The molecule has 0 aromatic carbocycles. The molecule has 0 saturated carbocycles. The summed E-state index contributed by atoms with van der Waals surface area (Å²) in [6, 6.07) is 0. The molecule has 1 unspecified atom stereocenters. The molecule has 2 aliphatic rings. The Morgan fingerprint density at radius 2 is 1.42 bits per heavy atom. The normalized spacial score (nSPS) is 26.0. The monoisotopic (exact) mass is 658 g/mol. The Kier molecular flexibility index (Phi) is 14.4. The van der Waals surface area contributed by atoms with Gasteiger partial charge in [0.2, 0.25) is 0 Å². The number of ether oxygens (including phenoxy) is 2. The third-order valence-electron chi connectivity index (χ3n) is 10.0. The fraction of sp³-hybridized carbons (Fsp3) is 0.939. The standard InChI is InChI=1S/C21H39O3Si.3C4H9.Sn/c1-8-10-13-20(15-16-21(24-20)14-11-12-17-22-21)18(9-2)23-25(6,7)19(3,4)5;3*1-3-4-2;/h2,9,18H,8,10-17H2,1,3-7H3;3*1,3-4H2,2H3;/t18-,20-,21?;;;;/m1..../s1. The van der Waals surface area contributed by atoms with E-state index in [-0.39, 0.29) is 22.5 Å². The van der Waals surface area contributed by atoms with Crippen LogP contribution in [0.3, 0.4) is 0 Å². The van der Waals surface area contributed by atoms with Crippen LogP contribution in [0.25, 0.3) is 0 Å². The van der Waals surface area contributed by atoms with Crippen molar-refractivity contribution in [1.82, 2.24) is 0 Å². The van der Waals surface area contributed by atoms with E-state index in [9.17, 15) is 0 Å². The first kappa shape index (κ1) is 34.8. The van der Waals surface area contributed by atoms with Crippen molar-refractivity contribution in [3.63, 3.8) is 0 Å². The number of hydrogen-bond acceptors (Lipinski definition) is 3. The second kappa shape index (κ2) is 15.7. The SMILES string of the molecule is CCCC[C@]1([C@@H](/C=[CH]/[Sn]([CH2]CCC)([CH2]CCC)[CH2]CCC)O[Si](C)(C)C(C)(C)C)CCC2(CCCCO2)O1. The molecule has 2 rings (SSSR count). The van der Waals surface area contributed by atoms with E-state index in [0.29, 0.717) is 0 Å². The van der Waals surface area contributed by atoms with Crippen LogP contribution in [0.2, 0.25) is 31.4 Å². The molecule has 2 heterocycles. The van der Waals surface area contributed by atoms with Crippen LogP contribution in [0.4, 0.5) is 0 Å². The number of rotatable bonds is 17. The van der Waals surface area contributed by atoms with E-state index in [4.69, 9.17) is 13.9 Å². The Balaban J connectivity index is 2.54. The van der Waals surface area contributed by atoms with Crippen molar-refractivity contribution in [3.8, 4) is 0 Å².